The number of nitrogens with two attached hydrogens (primary N) is 1. The number of hydrogen-bond acceptors (Lipinski definition) is 6. The first-order valence-corrected chi connectivity index (χ1v) is 9.24. The third kappa shape index (κ3) is 4.30. The van der Waals surface area contributed by atoms with Crippen molar-refractivity contribution in [1.29, 1.82) is 0 Å². The van der Waals surface area contributed by atoms with Crippen molar-refractivity contribution in [2.75, 3.05) is 5.75 Å². The molecule has 0 fully saturated rings. The van der Waals surface area contributed by atoms with E-state index in [1.165, 1.54) is 29.2 Å². The molecule has 0 spiro atoms. The Morgan fingerprint density at radius 1 is 1.32 bits per heavy atom. The van der Waals surface area contributed by atoms with E-state index in [1.54, 1.807) is 19.1 Å². The number of fused-ring (bicyclic) bond motifs is 1. The highest BCUT2D eigenvalue weighted by Gasteiger charge is 2.16. The molecule has 9 heteroatoms. The fourth-order valence-corrected chi connectivity index (χ4v) is 4.22. The van der Waals surface area contributed by atoms with Gasteiger partial charge >= 0.3 is 0 Å². The van der Waals surface area contributed by atoms with Crippen molar-refractivity contribution < 1.29 is 9.18 Å². The van der Waals surface area contributed by atoms with Gasteiger partial charge in [0.15, 0.2) is 11.6 Å². The van der Waals surface area contributed by atoms with Gasteiger partial charge in [0.05, 0.1) is 26.6 Å². The van der Waals surface area contributed by atoms with E-state index in [2.05, 4.69) is 9.97 Å². The van der Waals surface area contributed by atoms with Crippen molar-refractivity contribution in [3.8, 4) is 0 Å². The average Bonchev–Trinajstić information content (AvgIpc) is 3.05. The van der Waals surface area contributed by atoms with Gasteiger partial charge in [0, 0.05) is 11.4 Å². The van der Waals surface area contributed by atoms with E-state index in [0.717, 1.165) is 4.88 Å². The number of rotatable bonds is 5. The second kappa shape index (κ2) is 8.42. The molecule has 0 bridgehead atoms. The van der Waals surface area contributed by atoms with Crippen molar-refractivity contribution in [2.45, 2.75) is 18.5 Å². The molecule has 0 atom stereocenters. The largest absolute Gasteiger partial charge is 0.326 e. The predicted octanol–water partition coefficient (Wildman–Crippen LogP) is 4.65. The van der Waals surface area contributed by atoms with Gasteiger partial charge in [0.1, 0.15) is 10.9 Å². The molecule has 0 aliphatic carbocycles. The van der Waals surface area contributed by atoms with Crippen LogP contribution >= 0.6 is 47.1 Å². The first-order valence-electron chi connectivity index (χ1n) is 7.06. The van der Waals surface area contributed by atoms with E-state index >= 15 is 0 Å². The highest BCUT2D eigenvalue weighted by molar-refractivity contribution is 8.00. The first kappa shape index (κ1) is 20.1. The summed E-state index contributed by atoms with van der Waals surface area (Å²) in [6, 6.07) is 6.71. The molecule has 3 rings (SSSR count). The number of hydrogen-bond donors (Lipinski definition) is 1. The van der Waals surface area contributed by atoms with Crippen LogP contribution in [0.1, 0.15) is 20.4 Å². The fourth-order valence-electron chi connectivity index (χ4n) is 2.19. The zero-order chi connectivity index (χ0) is 17.3. The summed E-state index contributed by atoms with van der Waals surface area (Å²) >= 11 is 8.42. The summed E-state index contributed by atoms with van der Waals surface area (Å²) < 4.78 is 14.4. The number of carbonyl (C=O) groups excluding carboxylic acids is 1. The van der Waals surface area contributed by atoms with E-state index in [4.69, 9.17) is 17.3 Å². The molecule has 0 unspecified atom stereocenters. The summed E-state index contributed by atoms with van der Waals surface area (Å²) in [5, 5.41) is 0.676. The first-order chi connectivity index (χ1) is 11.5. The summed E-state index contributed by atoms with van der Waals surface area (Å²) in [6.07, 6.45) is 0. The topological polar surface area (TPSA) is 68.9 Å². The highest BCUT2D eigenvalue weighted by Crippen LogP contribution is 2.31. The van der Waals surface area contributed by atoms with Gasteiger partial charge in [-0.25, -0.2) is 14.4 Å². The quantitative estimate of drug-likeness (QED) is 0.371. The standard InChI is InChI=1S/C16H13ClFN3OS2.ClH/c1-8-20-11-4-3-10(17)15(18)14(11)16(21-8)23-7-12(22)13-5-2-9(6-19)24-13;/h2-5H,6-7,19H2,1H3;1H. The van der Waals surface area contributed by atoms with Gasteiger partial charge in [-0.05, 0) is 31.2 Å². The van der Waals surface area contributed by atoms with Crippen molar-refractivity contribution in [1.82, 2.24) is 9.97 Å². The van der Waals surface area contributed by atoms with Crippen LogP contribution in [-0.2, 0) is 6.54 Å². The van der Waals surface area contributed by atoms with E-state index in [1.807, 2.05) is 6.07 Å². The van der Waals surface area contributed by atoms with E-state index in [9.17, 15) is 9.18 Å². The second-order valence-corrected chi connectivity index (χ2v) is 7.55. The normalized spacial score (nSPS) is 10.7. The fraction of sp³-hybridized carbons (Fsp3) is 0.188. The number of carbonyl (C=O) groups is 1. The molecule has 0 amide bonds. The van der Waals surface area contributed by atoms with Crippen LogP contribution in [0.2, 0.25) is 5.02 Å². The molecule has 1 aromatic carbocycles. The monoisotopic (exact) mass is 417 g/mol. The summed E-state index contributed by atoms with van der Waals surface area (Å²) in [7, 11) is 0. The van der Waals surface area contributed by atoms with Crippen LogP contribution in [0.5, 0.6) is 0 Å². The number of aryl methyl sites for hydroxylation is 1. The maximum Gasteiger partial charge on any atom is 0.183 e. The maximum absolute atomic E-state index is 14.4. The number of thiophene rings is 1. The molecule has 3 aromatic rings. The molecule has 0 aliphatic heterocycles. The molecule has 0 radical (unpaired) electrons. The lowest BCUT2D eigenvalue weighted by atomic mass is 10.2. The average molecular weight is 418 g/mol. The summed E-state index contributed by atoms with van der Waals surface area (Å²) in [6.45, 7) is 2.13. The number of benzene rings is 1. The van der Waals surface area contributed by atoms with Crippen molar-refractivity contribution in [3.63, 3.8) is 0 Å². The van der Waals surface area contributed by atoms with Crippen LogP contribution in [0.3, 0.4) is 0 Å². The summed E-state index contributed by atoms with van der Waals surface area (Å²) in [5.41, 5.74) is 6.03. The van der Waals surface area contributed by atoms with Crippen LogP contribution in [0.4, 0.5) is 4.39 Å². The van der Waals surface area contributed by atoms with Gasteiger partial charge in [-0.3, -0.25) is 4.79 Å². The molecule has 2 N–H and O–H groups in total. The molecule has 0 saturated carbocycles. The smallest absolute Gasteiger partial charge is 0.183 e. The Morgan fingerprint density at radius 2 is 2.08 bits per heavy atom. The van der Waals surface area contributed by atoms with Crippen LogP contribution in [0, 0.1) is 12.7 Å². The zero-order valence-electron chi connectivity index (χ0n) is 13.1. The molecule has 0 saturated heterocycles. The number of Topliss-reactive ketones (excluding diaryl/α,β-unsaturated/α-hetero) is 1. The predicted molar refractivity (Wildman–Crippen MR) is 104 cm³/mol. The number of aromatic nitrogens is 2. The lowest BCUT2D eigenvalue weighted by Gasteiger charge is -2.08. The van der Waals surface area contributed by atoms with Crippen molar-refractivity contribution >= 4 is 63.8 Å². The molecule has 25 heavy (non-hydrogen) atoms. The maximum atomic E-state index is 14.4. The van der Waals surface area contributed by atoms with Crippen molar-refractivity contribution in [2.24, 2.45) is 5.73 Å². The van der Waals surface area contributed by atoms with Crippen LogP contribution in [-0.4, -0.2) is 21.5 Å². The summed E-state index contributed by atoms with van der Waals surface area (Å²) in [5.74, 6) is 0.0603. The number of thioether (sulfide) groups is 1. The number of ketones is 1. The number of halogens is 3. The highest BCUT2D eigenvalue weighted by atomic mass is 35.5. The lowest BCUT2D eigenvalue weighted by Crippen LogP contribution is -2.02. The number of nitrogens with zero attached hydrogens (tertiary/aromatic N) is 2. The Kier molecular flexibility index (Phi) is 6.76. The Bertz CT molecular complexity index is 933. The zero-order valence-corrected chi connectivity index (χ0v) is 16.3. The van der Waals surface area contributed by atoms with Gasteiger partial charge in [0.25, 0.3) is 0 Å². The molecule has 2 heterocycles. The van der Waals surface area contributed by atoms with E-state index < -0.39 is 5.82 Å². The minimum atomic E-state index is -0.564. The molecule has 0 aliphatic rings. The third-order valence-corrected chi connectivity index (χ3v) is 5.73. The SMILES string of the molecule is Cc1nc(SCC(=O)c2ccc(CN)s2)c2c(F)c(Cl)ccc2n1.Cl. The van der Waals surface area contributed by atoms with Crippen molar-refractivity contribution in [3.05, 3.63) is 50.7 Å². The molecule has 4 nitrogen and oxygen atoms in total. The second-order valence-electron chi connectivity index (χ2n) is 5.01. The Labute approximate surface area is 163 Å². The van der Waals surface area contributed by atoms with E-state index in [-0.39, 0.29) is 34.4 Å². The van der Waals surface area contributed by atoms with Gasteiger partial charge in [-0.1, -0.05) is 23.4 Å². The third-order valence-electron chi connectivity index (χ3n) is 3.31. The minimum Gasteiger partial charge on any atom is -0.326 e. The molecular weight excluding hydrogens is 404 g/mol. The Hall–Kier alpha value is -1.25. The van der Waals surface area contributed by atoms with E-state index in [0.29, 0.717) is 27.8 Å². The van der Waals surface area contributed by atoms with Crippen LogP contribution in [0.15, 0.2) is 29.3 Å². The molecule has 2 aromatic heterocycles. The Morgan fingerprint density at radius 3 is 2.76 bits per heavy atom. The van der Waals surface area contributed by atoms with Gasteiger partial charge in [0.2, 0.25) is 0 Å². The van der Waals surface area contributed by atoms with Crippen LogP contribution in [0.25, 0.3) is 10.9 Å². The molecular formula is C16H14Cl2FN3OS2. The lowest BCUT2D eigenvalue weighted by molar-refractivity contribution is 0.102. The Balaban J connectivity index is 0.00000225. The van der Waals surface area contributed by atoms with Gasteiger partial charge < -0.3 is 5.73 Å². The van der Waals surface area contributed by atoms with Crippen LogP contribution < -0.4 is 5.73 Å². The minimum absolute atomic E-state index is 0. The van der Waals surface area contributed by atoms with Gasteiger partial charge in [-0.2, -0.15) is 0 Å². The summed E-state index contributed by atoms with van der Waals surface area (Å²) in [4.78, 5) is 22.4. The van der Waals surface area contributed by atoms with Gasteiger partial charge in [-0.15, -0.1) is 23.7 Å². The molecule has 132 valence electrons.